The fourth-order valence-electron chi connectivity index (χ4n) is 3.44. The van der Waals surface area contributed by atoms with Crippen LogP contribution in [0.25, 0.3) is 6.08 Å². The minimum absolute atomic E-state index is 0.0565. The van der Waals surface area contributed by atoms with Crippen molar-refractivity contribution in [2.24, 2.45) is 0 Å². The zero-order valence-electron chi connectivity index (χ0n) is 17.7. The van der Waals surface area contributed by atoms with Crippen molar-refractivity contribution in [2.45, 2.75) is 20.1 Å². The Balaban J connectivity index is 1.57. The highest BCUT2D eigenvalue weighted by molar-refractivity contribution is 9.10. The van der Waals surface area contributed by atoms with Crippen molar-refractivity contribution in [1.82, 2.24) is 4.90 Å². The Morgan fingerprint density at radius 1 is 1.09 bits per heavy atom. The van der Waals surface area contributed by atoms with E-state index in [0.717, 1.165) is 32.3 Å². The van der Waals surface area contributed by atoms with Gasteiger partial charge in [-0.3, -0.25) is 14.5 Å². The first-order chi connectivity index (χ1) is 15.9. The van der Waals surface area contributed by atoms with Gasteiger partial charge in [0.05, 0.1) is 23.1 Å². The van der Waals surface area contributed by atoms with E-state index in [9.17, 15) is 14.9 Å². The average Bonchev–Trinajstić information content (AvgIpc) is 3.06. The highest BCUT2D eigenvalue weighted by atomic mass is 79.9. The van der Waals surface area contributed by atoms with Crippen LogP contribution in [0.1, 0.15) is 27.8 Å². The van der Waals surface area contributed by atoms with Crippen LogP contribution in [0.15, 0.2) is 76.1 Å². The standard InChI is InChI=1S/C26H19BrN2O3S/c1-17-5-4-6-18(11-17)16-32-23-10-9-22(27)12-21(23)13-24-25(30)29(26(31)33-24)15-20-8-3-2-7-19(20)14-28/h2-13H,15-16H2,1H3/b24-13+. The van der Waals surface area contributed by atoms with Crippen molar-refractivity contribution in [3.05, 3.63) is 104 Å². The van der Waals surface area contributed by atoms with Crippen LogP contribution >= 0.6 is 27.7 Å². The summed E-state index contributed by atoms with van der Waals surface area (Å²) in [6.45, 7) is 2.47. The largest absolute Gasteiger partial charge is 0.488 e. The third-order valence-electron chi connectivity index (χ3n) is 5.08. The van der Waals surface area contributed by atoms with Crippen molar-refractivity contribution < 1.29 is 14.3 Å². The number of aryl methyl sites for hydroxylation is 1. The Morgan fingerprint density at radius 2 is 1.91 bits per heavy atom. The number of hydrogen-bond acceptors (Lipinski definition) is 5. The van der Waals surface area contributed by atoms with Crippen LogP contribution in [-0.4, -0.2) is 16.0 Å². The maximum absolute atomic E-state index is 13.0. The van der Waals surface area contributed by atoms with Crippen LogP contribution in [0.2, 0.25) is 0 Å². The number of hydrogen-bond donors (Lipinski definition) is 0. The normalized spacial score (nSPS) is 14.6. The molecule has 2 amide bonds. The van der Waals surface area contributed by atoms with E-state index in [2.05, 4.69) is 28.1 Å². The molecule has 0 saturated carbocycles. The molecule has 0 spiro atoms. The van der Waals surface area contributed by atoms with Crippen LogP contribution < -0.4 is 4.74 Å². The summed E-state index contributed by atoms with van der Waals surface area (Å²) in [5.74, 6) is 0.226. The van der Waals surface area contributed by atoms with Crippen LogP contribution in [0.5, 0.6) is 5.75 Å². The van der Waals surface area contributed by atoms with Gasteiger partial charge in [-0.1, -0.05) is 64.0 Å². The van der Waals surface area contributed by atoms with Gasteiger partial charge in [-0.2, -0.15) is 5.26 Å². The smallest absolute Gasteiger partial charge is 0.293 e. The summed E-state index contributed by atoms with van der Waals surface area (Å²) < 4.78 is 6.87. The number of amides is 2. The summed E-state index contributed by atoms with van der Waals surface area (Å²) in [4.78, 5) is 27.1. The molecule has 0 aliphatic carbocycles. The number of rotatable bonds is 6. The highest BCUT2D eigenvalue weighted by Crippen LogP contribution is 2.36. The van der Waals surface area contributed by atoms with Gasteiger partial charge in [-0.25, -0.2) is 0 Å². The molecular weight excluding hydrogens is 500 g/mol. The molecule has 1 aliphatic rings. The van der Waals surface area contributed by atoms with E-state index in [1.165, 1.54) is 0 Å². The quantitative estimate of drug-likeness (QED) is 0.351. The van der Waals surface area contributed by atoms with Gasteiger partial charge in [0, 0.05) is 10.0 Å². The predicted octanol–water partition coefficient (Wildman–Crippen LogP) is 6.44. The topological polar surface area (TPSA) is 70.4 Å². The molecule has 1 saturated heterocycles. The number of nitriles is 1. The predicted molar refractivity (Wildman–Crippen MR) is 132 cm³/mol. The number of carbonyl (C=O) groups excluding carboxylic acids is 2. The van der Waals surface area contributed by atoms with Crippen molar-refractivity contribution in [3.8, 4) is 11.8 Å². The van der Waals surface area contributed by atoms with E-state index in [1.54, 1.807) is 30.3 Å². The fourth-order valence-corrected chi connectivity index (χ4v) is 4.65. The zero-order valence-corrected chi connectivity index (χ0v) is 20.2. The molecule has 0 bridgehead atoms. The molecule has 1 aliphatic heterocycles. The maximum atomic E-state index is 13.0. The Bertz CT molecular complexity index is 1310. The van der Waals surface area contributed by atoms with Gasteiger partial charge in [0.25, 0.3) is 11.1 Å². The minimum Gasteiger partial charge on any atom is -0.488 e. The Kier molecular flexibility index (Phi) is 6.97. The third kappa shape index (κ3) is 5.36. The SMILES string of the molecule is Cc1cccc(COc2ccc(Br)cc2/C=C2/SC(=O)N(Cc3ccccc3C#N)C2=O)c1. The van der Waals surface area contributed by atoms with Crippen molar-refractivity contribution >= 4 is 44.9 Å². The van der Waals surface area contributed by atoms with Gasteiger partial charge in [-0.05, 0) is 60.2 Å². The molecule has 0 atom stereocenters. The molecule has 3 aromatic carbocycles. The summed E-state index contributed by atoms with van der Waals surface area (Å²) in [7, 11) is 0. The lowest BCUT2D eigenvalue weighted by atomic mass is 10.1. The second-order valence-electron chi connectivity index (χ2n) is 7.50. The van der Waals surface area contributed by atoms with Crippen molar-refractivity contribution in [2.75, 3.05) is 0 Å². The molecule has 0 unspecified atom stereocenters. The highest BCUT2D eigenvalue weighted by Gasteiger charge is 2.35. The van der Waals surface area contributed by atoms with E-state index in [-0.39, 0.29) is 17.7 Å². The second-order valence-corrected chi connectivity index (χ2v) is 9.41. The monoisotopic (exact) mass is 518 g/mol. The van der Waals surface area contributed by atoms with Gasteiger partial charge in [0.1, 0.15) is 12.4 Å². The average molecular weight is 519 g/mol. The van der Waals surface area contributed by atoms with Gasteiger partial charge in [0.15, 0.2) is 0 Å². The van der Waals surface area contributed by atoms with Gasteiger partial charge >= 0.3 is 0 Å². The van der Waals surface area contributed by atoms with E-state index >= 15 is 0 Å². The van der Waals surface area contributed by atoms with E-state index in [0.29, 0.717) is 34.0 Å². The Morgan fingerprint density at radius 3 is 2.70 bits per heavy atom. The fraction of sp³-hybridized carbons (Fsp3) is 0.115. The second kappa shape index (κ2) is 10.1. The molecule has 33 heavy (non-hydrogen) atoms. The maximum Gasteiger partial charge on any atom is 0.293 e. The molecular formula is C26H19BrN2O3S. The number of thioether (sulfide) groups is 1. The third-order valence-corrected chi connectivity index (χ3v) is 6.48. The van der Waals surface area contributed by atoms with Gasteiger partial charge < -0.3 is 4.74 Å². The summed E-state index contributed by atoms with van der Waals surface area (Å²) >= 11 is 4.35. The number of ether oxygens (including phenoxy) is 1. The molecule has 164 valence electrons. The molecule has 5 nitrogen and oxygen atoms in total. The molecule has 0 radical (unpaired) electrons. The minimum atomic E-state index is -0.387. The number of imide groups is 1. The van der Waals surface area contributed by atoms with Crippen LogP contribution in [0.4, 0.5) is 4.79 Å². The van der Waals surface area contributed by atoms with E-state index in [1.807, 2.05) is 43.3 Å². The number of benzene rings is 3. The van der Waals surface area contributed by atoms with Crippen molar-refractivity contribution in [3.63, 3.8) is 0 Å². The van der Waals surface area contributed by atoms with E-state index in [4.69, 9.17) is 4.74 Å². The van der Waals surface area contributed by atoms with Crippen molar-refractivity contribution in [1.29, 1.82) is 5.26 Å². The molecule has 0 aromatic heterocycles. The molecule has 4 rings (SSSR count). The number of carbonyl (C=O) groups is 2. The summed E-state index contributed by atoms with van der Waals surface area (Å²) in [5.41, 5.74) is 3.96. The number of halogens is 1. The van der Waals surface area contributed by atoms with E-state index < -0.39 is 0 Å². The summed E-state index contributed by atoms with van der Waals surface area (Å²) in [6, 6.07) is 22.7. The van der Waals surface area contributed by atoms with Gasteiger partial charge in [0.2, 0.25) is 0 Å². The summed E-state index contributed by atoms with van der Waals surface area (Å²) in [6.07, 6.45) is 1.68. The number of nitrogens with zero attached hydrogens (tertiary/aromatic N) is 2. The molecule has 0 N–H and O–H groups in total. The lowest BCUT2D eigenvalue weighted by molar-refractivity contribution is -0.123. The molecule has 1 heterocycles. The van der Waals surface area contributed by atoms with Crippen LogP contribution in [0.3, 0.4) is 0 Å². The van der Waals surface area contributed by atoms with Crippen LogP contribution in [-0.2, 0) is 17.9 Å². The first kappa shape index (κ1) is 22.8. The lowest BCUT2D eigenvalue weighted by Gasteiger charge is -2.13. The Hall–Kier alpha value is -3.34. The molecule has 7 heteroatoms. The molecule has 1 fully saturated rings. The first-order valence-corrected chi connectivity index (χ1v) is 11.8. The Labute approximate surface area is 204 Å². The first-order valence-electron chi connectivity index (χ1n) is 10.2. The van der Waals surface area contributed by atoms with Crippen LogP contribution in [0, 0.1) is 18.3 Å². The summed E-state index contributed by atoms with van der Waals surface area (Å²) in [5, 5.41) is 8.94. The molecule has 3 aromatic rings. The lowest BCUT2D eigenvalue weighted by Crippen LogP contribution is -2.27. The zero-order chi connectivity index (χ0) is 23.4. The van der Waals surface area contributed by atoms with Gasteiger partial charge in [-0.15, -0.1) is 0 Å².